The number of ketones is 1. The number of rotatable bonds is 1. The molecular weight excluding hydrogens is 214 g/mol. The average Bonchev–Trinajstić information content (AvgIpc) is 2.12. The van der Waals surface area contributed by atoms with Gasteiger partial charge >= 0.3 is 0 Å². The quantitative estimate of drug-likeness (QED) is 0.710. The van der Waals surface area contributed by atoms with Gasteiger partial charge in [-0.1, -0.05) is 7.43 Å². The van der Waals surface area contributed by atoms with Crippen molar-refractivity contribution in [2.75, 3.05) is 0 Å². The van der Waals surface area contributed by atoms with Crippen molar-refractivity contribution in [3.8, 4) is 0 Å². The highest BCUT2D eigenvalue weighted by atomic mass is 16.5. The summed E-state index contributed by atoms with van der Waals surface area (Å²) in [5.74, 6) is 0.0670. The maximum absolute atomic E-state index is 11.5. The molecule has 0 aromatic carbocycles. The van der Waals surface area contributed by atoms with Crippen LogP contribution in [-0.2, 0) is 4.79 Å². The Hall–Kier alpha value is -1.35. The van der Waals surface area contributed by atoms with Gasteiger partial charge in [0.15, 0.2) is 5.78 Å². The third-order valence-electron chi connectivity index (χ3n) is 2.44. The Morgan fingerprint density at radius 2 is 1.59 bits per heavy atom. The van der Waals surface area contributed by atoms with Crippen molar-refractivity contribution < 1.29 is 10.0 Å². The summed E-state index contributed by atoms with van der Waals surface area (Å²) in [6, 6.07) is 0. The molecule has 1 aliphatic rings. The zero-order chi connectivity index (χ0) is 12.5. The molecule has 0 saturated heterocycles. The van der Waals surface area contributed by atoms with Gasteiger partial charge < -0.3 is 0 Å². The summed E-state index contributed by atoms with van der Waals surface area (Å²) in [4.78, 5) is 11.5. The molecule has 3 heteroatoms. The standard InChI is InChI=1S/C13H19NO2.CH4/c1-9-6-11(7-10(2)12(9)15)8-14(16)13(3,4)5;/h6-8,16H,1-5H3;1H4. The Bertz CT molecular complexity index is 371. The van der Waals surface area contributed by atoms with E-state index in [9.17, 15) is 10.0 Å². The molecule has 0 heterocycles. The van der Waals surface area contributed by atoms with E-state index in [1.807, 2.05) is 20.8 Å². The van der Waals surface area contributed by atoms with Crippen LogP contribution in [0.3, 0.4) is 0 Å². The van der Waals surface area contributed by atoms with Crippen molar-refractivity contribution >= 4 is 5.78 Å². The minimum atomic E-state index is -0.349. The van der Waals surface area contributed by atoms with Gasteiger partial charge in [-0.25, -0.2) is 0 Å². The smallest absolute Gasteiger partial charge is 0.184 e. The summed E-state index contributed by atoms with van der Waals surface area (Å²) in [6.45, 7) is 9.29. The fourth-order valence-corrected chi connectivity index (χ4v) is 1.39. The van der Waals surface area contributed by atoms with E-state index < -0.39 is 0 Å². The Morgan fingerprint density at radius 1 is 1.18 bits per heavy atom. The Kier molecular flexibility index (Phi) is 4.90. The second-order valence-electron chi connectivity index (χ2n) is 5.13. The molecule has 17 heavy (non-hydrogen) atoms. The third kappa shape index (κ3) is 3.86. The second-order valence-corrected chi connectivity index (χ2v) is 5.13. The first kappa shape index (κ1) is 15.7. The Balaban J connectivity index is 0.00000256. The Morgan fingerprint density at radius 3 is 1.94 bits per heavy atom. The van der Waals surface area contributed by atoms with Gasteiger partial charge in [-0.2, -0.15) is 0 Å². The molecule has 0 amide bonds. The molecule has 0 aromatic heterocycles. The van der Waals surface area contributed by atoms with Crippen molar-refractivity contribution in [2.45, 2.75) is 47.6 Å². The van der Waals surface area contributed by atoms with Gasteiger partial charge in [-0.3, -0.25) is 15.1 Å². The van der Waals surface area contributed by atoms with Crippen LogP contribution >= 0.6 is 0 Å². The third-order valence-corrected chi connectivity index (χ3v) is 2.44. The van der Waals surface area contributed by atoms with Gasteiger partial charge in [-0.05, 0) is 63.5 Å². The van der Waals surface area contributed by atoms with Crippen LogP contribution in [0.2, 0.25) is 0 Å². The molecule has 0 saturated carbocycles. The lowest BCUT2D eigenvalue weighted by atomic mass is 9.96. The molecule has 0 aliphatic heterocycles. The number of Topliss-reactive ketones (excluding diaryl/α,β-unsaturated/α-hetero) is 1. The van der Waals surface area contributed by atoms with Crippen LogP contribution in [0, 0.1) is 0 Å². The molecule has 1 aliphatic carbocycles. The minimum Gasteiger partial charge on any atom is -0.289 e. The van der Waals surface area contributed by atoms with Gasteiger partial charge in [0.2, 0.25) is 0 Å². The number of hydrogen-bond acceptors (Lipinski definition) is 3. The molecule has 0 aromatic rings. The zero-order valence-electron chi connectivity index (χ0n) is 10.5. The summed E-state index contributed by atoms with van der Waals surface area (Å²) in [5.41, 5.74) is 1.90. The van der Waals surface area contributed by atoms with Gasteiger partial charge in [0.25, 0.3) is 0 Å². The van der Waals surface area contributed by atoms with E-state index >= 15 is 0 Å². The van der Waals surface area contributed by atoms with E-state index in [1.54, 1.807) is 32.2 Å². The van der Waals surface area contributed by atoms with Gasteiger partial charge in [0.05, 0.1) is 5.54 Å². The first-order chi connectivity index (χ1) is 7.21. The highest BCUT2D eigenvalue weighted by molar-refractivity contribution is 6.09. The summed E-state index contributed by atoms with van der Waals surface area (Å²) in [7, 11) is 0. The maximum Gasteiger partial charge on any atom is 0.184 e. The molecule has 0 unspecified atom stereocenters. The van der Waals surface area contributed by atoms with E-state index in [-0.39, 0.29) is 18.7 Å². The SMILES string of the molecule is C.CC1=CC(=CN(O)C(C)(C)C)C=C(C)C1=O. The van der Waals surface area contributed by atoms with E-state index in [1.165, 1.54) is 0 Å². The van der Waals surface area contributed by atoms with Crippen molar-refractivity contribution in [1.82, 2.24) is 5.06 Å². The van der Waals surface area contributed by atoms with E-state index in [0.29, 0.717) is 11.1 Å². The van der Waals surface area contributed by atoms with E-state index in [4.69, 9.17) is 0 Å². The summed E-state index contributed by atoms with van der Waals surface area (Å²) < 4.78 is 0. The van der Waals surface area contributed by atoms with Crippen LogP contribution in [-0.4, -0.2) is 21.6 Å². The predicted molar refractivity (Wildman–Crippen MR) is 70.7 cm³/mol. The summed E-state index contributed by atoms with van der Waals surface area (Å²) in [5, 5.41) is 10.9. The van der Waals surface area contributed by atoms with E-state index in [2.05, 4.69) is 0 Å². The second kappa shape index (κ2) is 5.32. The predicted octanol–water partition coefficient (Wildman–Crippen LogP) is 3.47. The van der Waals surface area contributed by atoms with Crippen molar-refractivity contribution in [3.05, 3.63) is 35.1 Å². The number of nitrogens with zero attached hydrogens (tertiary/aromatic N) is 1. The number of hydrogen-bond donors (Lipinski definition) is 1. The van der Waals surface area contributed by atoms with Gasteiger partial charge in [-0.15, -0.1) is 0 Å². The number of carbonyl (C=O) groups excluding carboxylic acids is 1. The fraction of sp³-hybridized carbons (Fsp3) is 0.500. The summed E-state index contributed by atoms with van der Waals surface area (Å²) in [6.07, 6.45) is 5.20. The molecule has 0 bridgehead atoms. The van der Waals surface area contributed by atoms with Gasteiger partial charge in [0, 0.05) is 6.20 Å². The largest absolute Gasteiger partial charge is 0.289 e. The molecule has 0 radical (unpaired) electrons. The highest BCUT2D eigenvalue weighted by Gasteiger charge is 2.18. The van der Waals surface area contributed by atoms with Crippen LogP contribution in [0.4, 0.5) is 0 Å². The lowest BCUT2D eigenvalue weighted by molar-refractivity contribution is -0.112. The zero-order valence-corrected chi connectivity index (χ0v) is 10.5. The van der Waals surface area contributed by atoms with Crippen LogP contribution in [0.5, 0.6) is 0 Å². The molecule has 1 rings (SSSR count). The molecule has 96 valence electrons. The highest BCUT2D eigenvalue weighted by Crippen LogP contribution is 2.20. The normalized spacial score (nSPS) is 15.9. The monoisotopic (exact) mass is 237 g/mol. The molecule has 0 spiro atoms. The van der Waals surface area contributed by atoms with Crippen molar-refractivity contribution in [1.29, 1.82) is 0 Å². The molecule has 0 fully saturated rings. The minimum absolute atomic E-state index is 0. The molecule has 0 atom stereocenters. The maximum atomic E-state index is 11.5. The van der Waals surface area contributed by atoms with E-state index in [0.717, 1.165) is 10.6 Å². The number of allylic oxidation sites excluding steroid dienone is 5. The lowest BCUT2D eigenvalue weighted by Gasteiger charge is -2.28. The first-order valence-corrected chi connectivity index (χ1v) is 5.33. The van der Waals surface area contributed by atoms with Crippen molar-refractivity contribution in [3.63, 3.8) is 0 Å². The molecular formula is C14H23NO2. The van der Waals surface area contributed by atoms with Crippen molar-refractivity contribution in [2.24, 2.45) is 0 Å². The first-order valence-electron chi connectivity index (χ1n) is 5.33. The number of carbonyl (C=O) groups is 1. The molecule has 3 nitrogen and oxygen atoms in total. The Labute approximate surface area is 104 Å². The van der Waals surface area contributed by atoms with Crippen LogP contribution in [0.25, 0.3) is 0 Å². The summed E-state index contributed by atoms with van der Waals surface area (Å²) >= 11 is 0. The topological polar surface area (TPSA) is 40.5 Å². The fourth-order valence-electron chi connectivity index (χ4n) is 1.39. The van der Waals surface area contributed by atoms with Crippen LogP contribution in [0.1, 0.15) is 42.0 Å². The average molecular weight is 237 g/mol. The van der Waals surface area contributed by atoms with Crippen LogP contribution < -0.4 is 0 Å². The van der Waals surface area contributed by atoms with Crippen LogP contribution in [0.15, 0.2) is 35.1 Å². The van der Waals surface area contributed by atoms with Gasteiger partial charge in [0.1, 0.15) is 0 Å². The lowest BCUT2D eigenvalue weighted by Crippen LogP contribution is -2.34. The number of hydroxylamine groups is 2. The molecule has 1 N–H and O–H groups in total.